The zero-order valence-electron chi connectivity index (χ0n) is 13.9. The SMILES string of the molecule is COc1cc(C=C2SC(=S)N(NC(=O)c3cccc(Cl)c3)C2=O)ccc1O. The van der Waals surface area contributed by atoms with E-state index in [4.69, 9.17) is 28.6 Å². The lowest BCUT2D eigenvalue weighted by atomic mass is 10.2. The van der Waals surface area contributed by atoms with Gasteiger partial charge >= 0.3 is 0 Å². The van der Waals surface area contributed by atoms with Crippen LogP contribution in [0.25, 0.3) is 6.08 Å². The highest BCUT2D eigenvalue weighted by atomic mass is 35.5. The monoisotopic (exact) mass is 420 g/mol. The van der Waals surface area contributed by atoms with E-state index in [1.54, 1.807) is 36.4 Å². The van der Waals surface area contributed by atoms with Crippen LogP contribution in [0.1, 0.15) is 15.9 Å². The lowest BCUT2D eigenvalue weighted by Gasteiger charge is -2.15. The number of thioether (sulfide) groups is 1. The number of benzene rings is 2. The van der Waals surface area contributed by atoms with Gasteiger partial charge in [0.05, 0.1) is 12.0 Å². The van der Waals surface area contributed by atoms with Crippen molar-refractivity contribution in [3.05, 3.63) is 63.5 Å². The Hall–Kier alpha value is -2.55. The Morgan fingerprint density at radius 1 is 1.33 bits per heavy atom. The summed E-state index contributed by atoms with van der Waals surface area (Å²) < 4.78 is 5.26. The van der Waals surface area contributed by atoms with Crippen molar-refractivity contribution in [3.63, 3.8) is 0 Å². The molecule has 138 valence electrons. The Kier molecular flexibility index (Phi) is 5.69. The molecule has 0 spiro atoms. The summed E-state index contributed by atoms with van der Waals surface area (Å²) in [4.78, 5) is 25.3. The van der Waals surface area contributed by atoms with Crippen LogP contribution in [-0.4, -0.2) is 33.4 Å². The number of carbonyl (C=O) groups is 2. The molecule has 27 heavy (non-hydrogen) atoms. The fourth-order valence-electron chi connectivity index (χ4n) is 2.30. The van der Waals surface area contributed by atoms with Gasteiger partial charge in [-0.1, -0.05) is 35.5 Å². The average Bonchev–Trinajstić information content (AvgIpc) is 2.90. The predicted octanol–water partition coefficient (Wildman–Crippen LogP) is 3.60. The van der Waals surface area contributed by atoms with Gasteiger partial charge in [-0.15, -0.1) is 0 Å². The molecule has 1 aliphatic heterocycles. The summed E-state index contributed by atoms with van der Waals surface area (Å²) in [5.74, 6) is -0.668. The lowest BCUT2D eigenvalue weighted by Crippen LogP contribution is -2.44. The van der Waals surface area contributed by atoms with E-state index in [9.17, 15) is 14.7 Å². The molecule has 0 radical (unpaired) electrons. The van der Waals surface area contributed by atoms with E-state index in [1.165, 1.54) is 19.2 Å². The van der Waals surface area contributed by atoms with Gasteiger partial charge in [0.15, 0.2) is 15.8 Å². The maximum Gasteiger partial charge on any atom is 0.285 e. The molecule has 2 aromatic rings. The first kappa shape index (κ1) is 19.2. The molecular formula is C18H13ClN2O4S2. The van der Waals surface area contributed by atoms with Crippen LogP contribution in [0.5, 0.6) is 11.5 Å². The fraction of sp³-hybridized carbons (Fsp3) is 0.0556. The van der Waals surface area contributed by atoms with Crippen molar-refractivity contribution in [2.24, 2.45) is 0 Å². The summed E-state index contributed by atoms with van der Waals surface area (Å²) >= 11 is 12.1. The van der Waals surface area contributed by atoms with Gasteiger partial charge in [0.1, 0.15) is 0 Å². The average molecular weight is 421 g/mol. The zero-order valence-corrected chi connectivity index (χ0v) is 16.3. The second kappa shape index (κ2) is 7.99. The Bertz CT molecular complexity index is 978. The van der Waals surface area contributed by atoms with Crippen LogP contribution in [0.3, 0.4) is 0 Å². The highest BCUT2D eigenvalue weighted by molar-refractivity contribution is 8.26. The number of nitrogens with one attached hydrogen (secondary N) is 1. The van der Waals surface area contributed by atoms with Gasteiger partial charge in [0.25, 0.3) is 11.8 Å². The third kappa shape index (κ3) is 4.24. The van der Waals surface area contributed by atoms with Crippen LogP contribution in [-0.2, 0) is 4.79 Å². The highest BCUT2D eigenvalue weighted by Gasteiger charge is 2.33. The smallest absolute Gasteiger partial charge is 0.285 e. The van der Waals surface area contributed by atoms with Crippen molar-refractivity contribution in [1.29, 1.82) is 0 Å². The van der Waals surface area contributed by atoms with Gasteiger partial charge in [-0.3, -0.25) is 15.0 Å². The molecule has 6 nitrogen and oxygen atoms in total. The Balaban J connectivity index is 1.79. The van der Waals surface area contributed by atoms with Crippen molar-refractivity contribution in [2.75, 3.05) is 7.11 Å². The van der Waals surface area contributed by atoms with Gasteiger partial charge < -0.3 is 9.84 Å². The van der Waals surface area contributed by atoms with E-state index in [0.717, 1.165) is 16.8 Å². The summed E-state index contributed by atoms with van der Waals surface area (Å²) in [7, 11) is 1.43. The topological polar surface area (TPSA) is 78.9 Å². The van der Waals surface area contributed by atoms with Crippen LogP contribution in [0.4, 0.5) is 0 Å². The maximum absolute atomic E-state index is 12.6. The quantitative estimate of drug-likeness (QED) is 0.581. The summed E-state index contributed by atoms with van der Waals surface area (Å²) in [5, 5.41) is 11.1. The molecule has 0 aliphatic carbocycles. The number of hydrazine groups is 1. The van der Waals surface area contributed by atoms with Crippen LogP contribution in [0.15, 0.2) is 47.4 Å². The second-order valence-electron chi connectivity index (χ2n) is 5.40. The summed E-state index contributed by atoms with van der Waals surface area (Å²) in [6.45, 7) is 0. The number of thiocarbonyl (C=S) groups is 1. The first-order chi connectivity index (χ1) is 12.9. The molecule has 1 heterocycles. The van der Waals surface area contributed by atoms with Crippen molar-refractivity contribution in [3.8, 4) is 11.5 Å². The normalized spacial score (nSPS) is 15.3. The number of amides is 2. The molecule has 0 atom stereocenters. The second-order valence-corrected chi connectivity index (χ2v) is 7.51. The van der Waals surface area contributed by atoms with Gasteiger partial charge in [-0.25, -0.2) is 0 Å². The molecule has 0 unspecified atom stereocenters. The van der Waals surface area contributed by atoms with Gasteiger partial charge in [-0.2, -0.15) is 5.01 Å². The Morgan fingerprint density at radius 3 is 2.81 bits per heavy atom. The van der Waals surface area contributed by atoms with Crippen molar-refractivity contribution in [1.82, 2.24) is 10.4 Å². The summed E-state index contributed by atoms with van der Waals surface area (Å²) in [6.07, 6.45) is 1.60. The summed E-state index contributed by atoms with van der Waals surface area (Å²) in [6, 6.07) is 11.0. The minimum absolute atomic E-state index is 0.00372. The number of aromatic hydroxyl groups is 1. The number of nitrogens with zero attached hydrogens (tertiary/aromatic N) is 1. The van der Waals surface area contributed by atoms with E-state index in [2.05, 4.69) is 5.43 Å². The third-order valence-electron chi connectivity index (χ3n) is 3.60. The summed E-state index contributed by atoms with van der Waals surface area (Å²) in [5.41, 5.74) is 3.44. The maximum atomic E-state index is 12.6. The number of carbonyl (C=O) groups excluding carboxylic acids is 2. The van der Waals surface area contributed by atoms with Gasteiger partial charge in [0, 0.05) is 10.6 Å². The highest BCUT2D eigenvalue weighted by Crippen LogP contribution is 2.33. The number of hydrogen-bond acceptors (Lipinski definition) is 6. The molecule has 9 heteroatoms. The number of ether oxygens (including phenoxy) is 1. The van der Waals surface area contributed by atoms with E-state index >= 15 is 0 Å². The van der Waals surface area contributed by atoms with Crippen molar-refractivity contribution >= 4 is 57.8 Å². The van der Waals surface area contributed by atoms with Crippen molar-refractivity contribution in [2.45, 2.75) is 0 Å². The number of halogens is 1. The van der Waals surface area contributed by atoms with E-state index < -0.39 is 11.8 Å². The van der Waals surface area contributed by atoms with E-state index in [1.807, 2.05) is 0 Å². The first-order valence-corrected chi connectivity index (χ1v) is 9.21. The molecule has 3 rings (SSSR count). The molecule has 0 aromatic heterocycles. The number of methoxy groups -OCH3 is 1. The van der Waals surface area contributed by atoms with E-state index in [-0.39, 0.29) is 15.8 Å². The third-order valence-corrected chi connectivity index (χ3v) is 5.13. The first-order valence-electron chi connectivity index (χ1n) is 7.60. The van der Waals surface area contributed by atoms with Crippen LogP contribution in [0, 0.1) is 0 Å². The van der Waals surface area contributed by atoms with Gasteiger partial charge in [0.2, 0.25) is 0 Å². The molecule has 1 fully saturated rings. The predicted molar refractivity (Wildman–Crippen MR) is 109 cm³/mol. The number of phenols is 1. The lowest BCUT2D eigenvalue weighted by molar-refractivity contribution is -0.123. The molecule has 1 aliphatic rings. The van der Waals surface area contributed by atoms with E-state index in [0.29, 0.717) is 21.1 Å². The minimum Gasteiger partial charge on any atom is -0.504 e. The molecule has 0 saturated carbocycles. The van der Waals surface area contributed by atoms with Crippen LogP contribution < -0.4 is 10.2 Å². The number of rotatable bonds is 4. The molecular weight excluding hydrogens is 408 g/mol. The van der Waals surface area contributed by atoms with Crippen molar-refractivity contribution < 1.29 is 19.4 Å². The molecule has 2 amide bonds. The van der Waals surface area contributed by atoms with Crippen LogP contribution >= 0.6 is 35.6 Å². The zero-order chi connectivity index (χ0) is 19.6. The van der Waals surface area contributed by atoms with Crippen LogP contribution in [0.2, 0.25) is 5.02 Å². The molecule has 2 N–H and O–H groups in total. The number of phenolic OH excluding ortho intramolecular Hbond substituents is 1. The number of hydrogen-bond donors (Lipinski definition) is 2. The molecule has 1 saturated heterocycles. The largest absolute Gasteiger partial charge is 0.504 e. The molecule has 2 aromatic carbocycles. The minimum atomic E-state index is -0.499. The van der Waals surface area contributed by atoms with Gasteiger partial charge in [-0.05, 0) is 54.2 Å². The standard InChI is InChI=1S/C18H13ClN2O4S2/c1-25-14-7-10(5-6-13(14)22)8-15-17(24)21(18(26)27-15)20-16(23)11-3-2-4-12(19)9-11/h2-9,22H,1H3,(H,20,23). The Morgan fingerprint density at radius 2 is 2.11 bits per heavy atom. The Labute approximate surface area is 169 Å². The molecule has 0 bridgehead atoms. The fourth-order valence-corrected chi connectivity index (χ4v) is 3.67.